The van der Waals surface area contributed by atoms with Crippen molar-refractivity contribution in [1.29, 1.82) is 0 Å². The molecule has 1 aliphatic heterocycles. The van der Waals surface area contributed by atoms with Crippen LogP contribution in [0.3, 0.4) is 0 Å². The van der Waals surface area contributed by atoms with Crippen LogP contribution in [-0.2, 0) is 14.3 Å². The van der Waals surface area contributed by atoms with Gasteiger partial charge in [0.1, 0.15) is 6.04 Å². The molecule has 1 atom stereocenters. The molecule has 5 nitrogen and oxygen atoms in total. The molecular formula is C14H18N2O3. The average Bonchev–Trinajstić information content (AvgIpc) is 2.82. The highest BCUT2D eigenvalue weighted by Crippen LogP contribution is 2.26. The summed E-state index contributed by atoms with van der Waals surface area (Å²) >= 11 is 0. The maximum absolute atomic E-state index is 12.1. The third kappa shape index (κ3) is 3.12. The van der Waals surface area contributed by atoms with Crippen molar-refractivity contribution in [3.05, 3.63) is 30.3 Å². The lowest BCUT2D eigenvalue weighted by Crippen LogP contribution is -2.45. The van der Waals surface area contributed by atoms with Crippen LogP contribution in [0.15, 0.2) is 30.3 Å². The van der Waals surface area contributed by atoms with Gasteiger partial charge in [0.05, 0.1) is 6.61 Å². The molecule has 2 rings (SSSR count). The van der Waals surface area contributed by atoms with Crippen molar-refractivity contribution in [3.63, 3.8) is 0 Å². The molecule has 1 aliphatic rings. The first-order chi connectivity index (χ1) is 9.24. The van der Waals surface area contributed by atoms with E-state index in [1.165, 1.54) is 0 Å². The molecule has 2 amide bonds. The number of hydrogen-bond donors (Lipinski definition) is 1. The number of carbonyl (C=O) groups is 2. The molecule has 1 aromatic carbocycles. The number of nitrogens with one attached hydrogen (secondary N) is 1. The quantitative estimate of drug-likeness (QED) is 0.804. The SMILES string of the molecule is COCCNC(=O)C1CCC(=O)N1c1ccccc1. The van der Waals surface area contributed by atoms with Gasteiger partial charge in [-0.05, 0) is 18.6 Å². The molecule has 1 heterocycles. The molecule has 19 heavy (non-hydrogen) atoms. The van der Waals surface area contributed by atoms with Crippen molar-refractivity contribution in [2.24, 2.45) is 0 Å². The Morgan fingerprint density at radius 3 is 2.84 bits per heavy atom. The molecule has 102 valence electrons. The Bertz CT molecular complexity index is 447. The number of ether oxygens (including phenoxy) is 1. The van der Waals surface area contributed by atoms with E-state index >= 15 is 0 Å². The molecule has 0 aliphatic carbocycles. The van der Waals surface area contributed by atoms with Crippen LogP contribution in [0.1, 0.15) is 12.8 Å². The summed E-state index contributed by atoms with van der Waals surface area (Å²) in [5.41, 5.74) is 0.775. The van der Waals surface area contributed by atoms with Gasteiger partial charge in [0.15, 0.2) is 0 Å². The van der Waals surface area contributed by atoms with Gasteiger partial charge in [-0.1, -0.05) is 18.2 Å². The Kier molecular flexibility index (Phi) is 4.52. The fraction of sp³-hybridized carbons (Fsp3) is 0.429. The number of benzene rings is 1. The first-order valence-electron chi connectivity index (χ1n) is 6.38. The number of anilines is 1. The third-order valence-electron chi connectivity index (χ3n) is 3.15. The van der Waals surface area contributed by atoms with E-state index < -0.39 is 6.04 Å². The lowest BCUT2D eigenvalue weighted by Gasteiger charge is -2.24. The second-order valence-corrected chi connectivity index (χ2v) is 4.44. The molecule has 5 heteroatoms. The average molecular weight is 262 g/mol. The molecule has 0 bridgehead atoms. The van der Waals surface area contributed by atoms with Gasteiger partial charge in [-0.15, -0.1) is 0 Å². The number of methoxy groups -OCH3 is 1. The maximum Gasteiger partial charge on any atom is 0.243 e. The number of para-hydroxylation sites is 1. The highest BCUT2D eigenvalue weighted by molar-refractivity contribution is 6.03. The smallest absolute Gasteiger partial charge is 0.243 e. The summed E-state index contributed by atoms with van der Waals surface area (Å²) in [5, 5.41) is 2.79. The second kappa shape index (κ2) is 6.33. The minimum Gasteiger partial charge on any atom is -0.383 e. The van der Waals surface area contributed by atoms with E-state index in [-0.39, 0.29) is 11.8 Å². The normalized spacial score (nSPS) is 18.7. The highest BCUT2D eigenvalue weighted by atomic mass is 16.5. The van der Waals surface area contributed by atoms with Crippen molar-refractivity contribution in [2.75, 3.05) is 25.2 Å². The highest BCUT2D eigenvalue weighted by Gasteiger charge is 2.36. The van der Waals surface area contributed by atoms with Crippen LogP contribution in [-0.4, -0.2) is 38.1 Å². The molecule has 0 spiro atoms. The van der Waals surface area contributed by atoms with E-state index in [2.05, 4.69) is 5.32 Å². The van der Waals surface area contributed by atoms with Crippen molar-refractivity contribution in [3.8, 4) is 0 Å². The predicted octanol–water partition coefficient (Wildman–Crippen LogP) is 0.945. The van der Waals surface area contributed by atoms with E-state index in [1.807, 2.05) is 30.3 Å². The fourth-order valence-corrected chi connectivity index (χ4v) is 2.24. The lowest BCUT2D eigenvalue weighted by molar-refractivity contribution is -0.124. The standard InChI is InChI=1S/C14H18N2O3/c1-19-10-9-15-14(18)12-7-8-13(17)16(12)11-5-3-2-4-6-11/h2-6,12H,7-10H2,1H3,(H,15,18). The molecule has 1 saturated heterocycles. The minimum atomic E-state index is -0.410. The Hall–Kier alpha value is -1.88. The van der Waals surface area contributed by atoms with Crippen LogP contribution < -0.4 is 10.2 Å². The monoisotopic (exact) mass is 262 g/mol. The molecule has 0 radical (unpaired) electrons. The van der Waals surface area contributed by atoms with Crippen molar-refractivity contribution < 1.29 is 14.3 Å². The molecule has 1 aromatic rings. The van der Waals surface area contributed by atoms with Crippen LogP contribution >= 0.6 is 0 Å². The van der Waals surface area contributed by atoms with Crippen LogP contribution in [0.4, 0.5) is 5.69 Å². The van der Waals surface area contributed by atoms with Gasteiger partial charge in [0, 0.05) is 25.8 Å². The minimum absolute atomic E-state index is 0.00177. The van der Waals surface area contributed by atoms with Crippen molar-refractivity contribution in [2.45, 2.75) is 18.9 Å². The number of carbonyl (C=O) groups excluding carboxylic acids is 2. The summed E-state index contributed by atoms with van der Waals surface area (Å²) in [6.07, 6.45) is 0.976. The Morgan fingerprint density at radius 2 is 2.16 bits per heavy atom. The Balaban J connectivity index is 2.07. The predicted molar refractivity (Wildman–Crippen MR) is 71.8 cm³/mol. The van der Waals surface area contributed by atoms with Gasteiger partial charge in [0.25, 0.3) is 0 Å². The largest absolute Gasteiger partial charge is 0.383 e. The van der Waals surface area contributed by atoms with Gasteiger partial charge in [0.2, 0.25) is 11.8 Å². The topological polar surface area (TPSA) is 58.6 Å². The van der Waals surface area contributed by atoms with E-state index in [9.17, 15) is 9.59 Å². The van der Waals surface area contributed by atoms with Gasteiger partial charge in [-0.3, -0.25) is 14.5 Å². The van der Waals surface area contributed by atoms with Crippen LogP contribution in [0.2, 0.25) is 0 Å². The van der Waals surface area contributed by atoms with E-state index in [0.29, 0.717) is 26.0 Å². The van der Waals surface area contributed by atoms with Crippen LogP contribution in [0.5, 0.6) is 0 Å². The first kappa shape index (κ1) is 13.5. The van der Waals surface area contributed by atoms with Gasteiger partial charge in [-0.2, -0.15) is 0 Å². The van der Waals surface area contributed by atoms with Crippen molar-refractivity contribution >= 4 is 17.5 Å². The summed E-state index contributed by atoms with van der Waals surface area (Å²) in [6.45, 7) is 0.931. The molecule has 1 unspecified atom stereocenters. The zero-order chi connectivity index (χ0) is 13.7. The summed E-state index contributed by atoms with van der Waals surface area (Å²) in [4.78, 5) is 25.6. The zero-order valence-electron chi connectivity index (χ0n) is 11.0. The molecular weight excluding hydrogens is 244 g/mol. The first-order valence-corrected chi connectivity index (χ1v) is 6.38. The Morgan fingerprint density at radius 1 is 1.42 bits per heavy atom. The van der Waals surface area contributed by atoms with Crippen LogP contribution in [0, 0.1) is 0 Å². The number of nitrogens with zero attached hydrogens (tertiary/aromatic N) is 1. The molecule has 0 saturated carbocycles. The third-order valence-corrected chi connectivity index (χ3v) is 3.15. The number of amides is 2. The molecule has 1 fully saturated rings. The van der Waals surface area contributed by atoms with Gasteiger partial charge in [-0.25, -0.2) is 0 Å². The Labute approximate surface area is 112 Å². The summed E-state index contributed by atoms with van der Waals surface area (Å²) in [5.74, 6) is -0.121. The van der Waals surface area contributed by atoms with Gasteiger partial charge < -0.3 is 10.1 Å². The zero-order valence-corrected chi connectivity index (χ0v) is 11.0. The number of rotatable bonds is 5. The molecule has 1 N–H and O–H groups in total. The summed E-state index contributed by atoms with van der Waals surface area (Å²) in [7, 11) is 1.58. The molecule has 0 aromatic heterocycles. The van der Waals surface area contributed by atoms with E-state index in [1.54, 1.807) is 12.0 Å². The second-order valence-electron chi connectivity index (χ2n) is 4.44. The lowest BCUT2D eigenvalue weighted by atomic mass is 10.2. The fourth-order valence-electron chi connectivity index (χ4n) is 2.24. The van der Waals surface area contributed by atoms with Gasteiger partial charge >= 0.3 is 0 Å². The maximum atomic E-state index is 12.1. The summed E-state index contributed by atoms with van der Waals surface area (Å²) < 4.78 is 4.89. The van der Waals surface area contributed by atoms with E-state index in [4.69, 9.17) is 4.74 Å². The van der Waals surface area contributed by atoms with Crippen molar-refractivity contribution in [1.82, 2.24) is 5.32 Å². The number of hydrogen-bond acceptors (Lipinski definition) is 3. The summed E-state index contributed by atoms with van der Waals surface area (Å²) in [6, 6.07) is 8.89. The van der Waals surface area contributed by atoms with Crippen LogP contribution in [0.25, 0.3) is 0 Å². The van der Waals surface area contributed by atoms with E-state index in [0.717, 1.165) is 5.69 Å².